The van der Waals surface area contributed by atoms with Crippen molar-refractivity contribution in [1.29, 1.82) is 0 Å². The first-order valence-electron chi connectivity index (χ1n) is 9.09. The van der Waals surface area contributed by atoms with E-state index in [4.69, 9.17) is 0 Å². The monoisotopic (exact) mass is 378 g/mol. The van der Waals surface area contributed by atoms with Gasteiger partial charge in [0, 0.05) is 18.8 Å². The minimum Gasteiger partial charge on any atom is -0.335 e. The first kappa shape index (κ1) is 18.0. The Morgan fingerprint density at radius 3 is 2.52 bits per heavy atom. The molecule has 27 heavy (non-hydrogen) atoms. The standard InChI is InChI=1S/C19H21F3N4O/c1-12-8-18(6-3-7-18)11-25(12)17(27)15-10-24-26(13(15)2)16-5-4-14(9-23-16)19(20,21)22/h4-5,9-10,12H,3,6-8,11H2,1-2H3/t12-/m0/s1. The van der Waals surface area contributed by atoms with E-state index in [1.54, 1.807) is 6.92 Å². The maximum Gasteiger partial charge on any atom is 0.417 e. The zero-order valence-corrected chi connectivity index (χ0v) is 15.3. The molecule has 1 amide bonds. The Hall–Kier alpha value is -2.38. The smallest absolute Gasteiger partial charge is 0.335 e. The molecule has 8 heteroatoms. The van der Waals surface area contributed by atoms with Crippen LogP contribution in [0, 0.1) is 12.3 Å². The van der Waals surface area contributed by atoms with Gasteiger partial charge in [-0.15, -0.1) is 0 Å². The molecule has 1 spiro atoms. The molecule has 2 fully saturated rings. The third-order valence-corrected chi connectivity index (χ3v) is 5.97. The number of amides is 1. The van der Waals surface area contributed by atoms with E-state index in [1.807, 2.05) is 4.90 Å². The average Bonchev–Trinajstić information content (AvgIpc) is 3.14. The highest BCUT2D eigenvalue weighted by molar-refractivity contribution is 5.95. The Kier molecular flexibility index (Phi) is 4.05. The maximum absolute atomic E-state index is 13.0. The first-order valence-corrected chi connectivity index (χ1v) is 9.09. The van der Waals surface area contributed by atoms with Gasteiger partial charge in [-0.05, 0) is 50.7 Å². The van der Waals surface area contributed by atoms with Gasteiger partial charge in [-0.2, -0.15) is 18.3 Å². The van der Waals surface area contributed by atoms with Gasteiger partial charge in [0.1, 0.15) is 0 Å². The largest absolute Gasteiger partial charge is 0.417 e. The average molecular weight is 378 g/mol. The van der Waals surface area contributed by atoms with Crippen LogP contribution in [0.1, 0.15) is 54.2 Å². The Labute approximate surface area is 155 Å². The van der Waals surface area contributed by atoms with Crippen molar-refractivity contribution < 1.29 is 18.0 Å². The van der Waals surface area contributed by atoms with E-state index in [1.165, 1.54) is 36.2 Å². The minimum atomic E-state index is -4.44. The number of carbonyl (C=O) groups excluding carboxylic acids is 1. The molecule has 144 valence electrons. The quantitative estimate of drug-likeness (QED) is 0.794. The van der Waals surface area contributed by atoms with Gasteiger partial charge in [-0.25, -0.2) is 9.67 Å². The SMILES string of the molecule is Cc1c(C(=O)N2CC3(CCC3)C[C@@H]2C)cnn1-c1ccc(C(F)(F)F)cn1. The molecule has 0 radical (unpaired) electrons. The van der Waals surface area contributed by atoms with Gasteiger partial charge >= 0.3 is 6.18 Å². The van der Waals surface area contributed by atoms with Crippen molar-refractivity contribution in [2.24, 2.45) is 5.41 Å². The number of hydrogen-bond acceptors (Lipinski definition) is 3. The molecule has 2 aliphatic rings. The summed E-state index contributed by atoms with van der Waals surface area (Å²) in [7, 11) is 0. The Morgan fingerprint density at radius 1 is 1.26 bits per heavy atom. The molecule has 4 rings (SSSR count). The number of aromatic nitrogens is 3. The fourth-order valence-corrected chi connectivity index (χ4v) is 4.31. The second-order valence-electron chi connectivity index (χ2n) is 7.80. The van der Waals surface area contributed by atoms with E-state index in [9.17, 15) is 18.0 Å². The fraction of sp³-hybridized carbons (Fsp3) is 0.526. The zero-order valence-electron chi connectivity index (χ0n) is 15.3. The van der Waals surface area contributed by atoms with Crippen molar-refractivity contribution in [1.82, 2.24) is 19.7 Å². The molecule has 2 aromatic rings. The summed E-state index contributed by atoms with van der Waals surface area (Å²) >= 11 is 0. The second kappa shape index (κ2) is 6.07. The predicted octanol–water partition coefficient (Wildman–Crippen LogP) is 4.00. The molecule has 1 aliphatic carbocycles. The molecular formula is C19H21F3N4O. The van der Waals surface area contributed by atoms with Crippen LogP contribution in [0.3, 0.4) is 0 Å². The fourth-order valence-electron chi connectivity index (χ4n) is 4.31. The van der Waals surface area contributed by atoms with Crippen LogP contribution in [-0.2, 0) is 6.18 Å². The third kappa shape index (κ3) is 3.00. The van der Waals surface area contributed by atoms with Crippen molar-refractivity contribution in [2.45, 2.75) is 51.7 Å². The molecule has 0 unspecified atom stereocenters. The third-order valence-electron chi connectivity index (χ3n) is 5.97. The lowest BCUT2D eigenvalue weighted by atomic mass is 9.68. The molecule has 0 bridgehead atoms. The molecule has 0 N–H and O–H groups in total. The van der Waals surface area contributed by atoms with Crippen LogP contribution in [0.4, 0.5) is 13.2 Å². The first-order chi connectivity index (χ1) is 12.7. The Bertz CT molecular complexity index is 868. The van der Waals surface area contributed by atoms with Crippen LogP contribution in [0.5, 0.6) is 0 Å². The van der Waals surface area contributed by atoms with Gasteiger partial charge in [-0.1, -0.05) is 6.42 Å². The molecular weight excluding hydrogens is 357 g/mol. The van der Waals surface area contributed by atoms with E-state index >= 15 is 0 Å². The predicted molar refractivity (Wildman–Crippen MR) is 92.5 cm³/mol. The highest BCUT2D eigenvalue weighted by Crippen LogP contribution is 2.50. The van der Waals surface area contributed by atoms with Gasteiger partial charge in [-0.3, -0.25) is 4.79 Å². The van der Waals surface area contributed by atoms with Gasteiger partial charge < -0.3 is 4.90 Å². The number of rotatable bonds is 2. The van der Waals surface area contributed by atoms with E-state index in [-0.39, 0.29) is 23.2 Å². The normalized spacial score (nSPS) is 21.5. The van der Waals surface area contributed by atoms with Crippen LogP contribution in [0.25, 0.3) is 5.82 Å². The van der Waals surface area contributed by atoms with Gasteiger partial charge in [0.2, 0.25) is 0 Å². The minimum absolute atomic E-state index is 0.0677. The van der Waals surface area contributed by atoms with Crippen LogP contribution in [0.2, 0.25) is 0 Å². The number of likely N-dealkylation sites (tertiary alicyclic amines) is 1. The lowest BCUT2D eigenvalue weighted by Gasteiger charge is -2.37. The summed E-state index contributed by atoms with van der Waals surface area (Å²) < 4.78 is 39.5. The van der Waals surface area contributed by atoms with Gasteiger partial charge in [0.15, 0.2) is 5.82 Å². The van der Waals surface area contributed by atoms with Crippen molar-refractivity contribution in [3.8, 4) is 5.82 Å². The molecule has 3 heterocycles. The van der Waals surface area contributed by atoms with Crippen molar-refractivity contribution in [2.75, 3.05) is 6.54 Å². The van der Waals surface area contributed by atoms with Crippen molar-refractivity contribution in [3.05, 3.63) is 41.3 Å². The topological polar surface area (TPSA) is 51.0 Å². The summed E-state index contributed by atoms with van der Waals surface area (Å²) in [5.74, 6) is 0.187. The summed E-state index contributed by atoms with van der Waals surface area (Å²) in [6, 6.07) is 2.41. The van der Waals surface area contributed by atoms with Crippen molar-refractivity contribution >= 4 is 5.91 Å². The molecule has 1 saturated carbocycles. The summed E-state index contributed by atoms with van der Waals surface area (Å²) in [6.45, 7) is 4.58. The van der Waals surface area contributed by atoms with E-state index < -0.39 is 11.7 Å². The molecule has 1 saturated heterocycles. The lowest BCUT2D eigenvalue weighted by Crippen LogP contribution is -2.37. The van der Waals surface area contributed by atoms with E-state index in [0.717, 1.165) is 25.2 Å². The molecule has 2 aromatic heterocycles. The molecule has 1 atom stereocenters. The molecule has 1 aliphatic heterocycles. The zero-order chi connectivity index (χ0) is 19.4. The maximum atomic E-state index is 13.0. The molecule has 0 aromatic carbocycles. The summed E-state index contributed by atoms with van der Waals surface area (Å²) in [5.41, 5.74) is 0.520. The number of hydrogen-bond donors (Lipinski definition) is 0. The number of carbonyl (C=O) groups is 1. The van der Waals surface area contributed by atoms with Crippen LogP contribution >= 0.6 is 0 Å². The van der Waals surface area contributed by atoms with Gasteiger partial charge in [0.05, 0.1) is 23.0 Å². The van der Waals surface area contributed by atoms with Crippen molar-refractivity contribution in [3.63, 3.8) is 0 Å². The van der Waals surface area contributed by atoms with E-state index in [0.29, 0.717) is 11.3 Å². The summed E-state index contributed by atoms with van der Waals surface area (Å²) in [4.78, 5) is 18.8. The molecule has 5 nitrogen and oxygen atoms in total. The highest BCUT2D eigenvalue weighted by atomic mass is 19.4. The number of pyridine rings is 1. The Morgan fingerprint density at radius 2 is 2.00 bits per heavy atom. The van der Waals surface area contributed by atoms with E-state index in [2.05, 4.69) is 17.0 Å². The van der Waals surface area contributed by atoms with Crippen LogP contribution in [0.15, 0.2) is 24.5 Å². The number of nitrogens with zero attached hydrogens (tertiary/aromatic N) is 4. The van der Waals surface area contributed by atoms with Crippen LogP contribution in [-0.4, -0.2) is 38.2 Å². The summed E-state index contributed by atoms with van der Waals surface area (Å²) in [5, 5.41) is 4.19. The lowest BCUT2D eigenvalue weighted by molar-refractivity contribution is -0.137. The number of alkyl halides is 3. The number of halogens is 3. The highest BCUT2D eigenvalue weighted by Gasteiger charge is 2.47. The Balaban J connectivity index is 1.58. The van der Waals surface area contributed by atoms with Crippen LogP contribution < -0.4 is 0 Å². The summed E-state index contributed by atoms with van der Waals surface area (Å²) in [6.07, 6.45) is 2.44. The van der Waals surface area contributed by atoms with Gasteiger partial charge in [0.25, 0.3) is 5.91 Å². The second-order valence-corrected chi connectivity index (χ2v) is 7.80.